The van der Waals surface area contributed by atoms with Gasteiger partial charge in [0.05, 0.1) is 23.3 Å². The lowest BCUT2D eigenvalue weighted by molar-refractivity contribution is -0.127. The number of imidazole rings is 1. The average molecular weight is 392 g/mol. The number of aryl methyl sites for hydroxylation is 2. The summed E-state index contributed by atoms with van der Waals surface area (Å²) in [6.45, 7) is 5.98. The van der Waals surface area contributed by atoms with Crippen LogP contribution >= 0.6 is 11.8 Å². The lowest BCUT2D eigenvalue weighted by Gasteiger charge is -2.16. The van der Waals surface area contributed by atoms with E-state index in [-0.39, 0.29) is 5.91 Å². The smallest absolute Gasteiger partial charge is 0.233 e. The summed E-state index contributed by atoms with van der Waals surface area (Å²) in [6, 6.07) is 16.8. The Bertz CT molecular complexity index is 972. The minimum Gasteiger partial charge on any atom is -0.342 e. The molecule has 144 valence electrons. The van der Waals surface area contributed by atoms with E-state index in [9.17, 15) is 4.79 Å². The summed E-state index contributed by atoms with van der Waals surface area (Å²) >= 11 is 1.52. The van der Waals surface area contributed by atoms with Gasteiger partial charge >= 0.3 is 0 Å². The Balaban J connectivity index is 1.69. The Morgan fingerprint density at radius 3 is 2.46 bits per heavy atom. The third-order valence-corrected chi connectivity index (χ3v) is 6.15. The van der Waals surface area contributed by atoms with Gasteiger partial charge in [0.2, 0.25) is 5.91 Å². The van der Waals surface area contributed by atoms with Crippen molar-refractivity contribution in [2.24, 2.45) is 0 Å². The van der Waals surface area contributed by atoms with E-state index in [2.05, 4.69) is 59.8 Å². The molecule has 1 saturated heterocycles. The predicted octanol–water partition coefficient (Wildman–Crippen LogP) is 4.87. The quantitative estimate of drug-likeness (QED) is 0.582. The third kappa shape index (κ3) is 3.85. The molecule has 4 rings (SSSR count). The number of hydrogen-bond acceptors (Lipinski definition) is 3. The Morgan fingerprint density at radius 2 is 1.75 bits per heavy atom. The largest absolute Gasteiger partial charge is 0.342 e. The third-order valence-electron chi connectivity index (χ3n) is 5.22. The van der Waals surface area contributed by atoms with Crippen LogP contribution in [0.1, 0.15) is 24.0 Å². The van der Waals surface area contributed by atoms with Crippen molar-refractivity contribution in [1.29, 1.82) is 0 Å². The number of benzene rings is 2. The summed E-state index contributed by atoms with van der Waals surface area (Å²) in [5.74, 6) is 0.634. The average Bonchev–Trinajstić information content (AvgIpc) is 3.37. The van der Waals surface area contributed by atoms with E-state index >= 15 is 0 Å². The van der Waals surface area contributed by atoms with Crippen molar-refractivity contribution in [3.05, 3.63) is 65.9 Å². The van der Waals surface area contributed by atoms with Gasteiger partial charge in [-0.2, -0.15) is 0 Å². The number of para-hydroxylation sites is 1. The van der Waals surface area contributed by atoms with Crippen LogP contribution in [0.3, 0.4) is 0 Å². The maximum atomic E-state index is 12.5. The second kappa shape index (κ2) is 8.23. The van der Waals surface area contributed by atoms with Gasteiger partial charge in [0.25, 0.3) is 0 Å². The first kappa shape index (κ1) is 18.8. The molecule has 1 fully saturated rings. The van der Waals surface area contributed by atoms with Gasteiger partial charge in [-0.15, -0.1) is 0 Å². The number of aromatic nitrogens is 2. The normalized spacial score (nSPS) is 13.9. The molecule has 1 aromatic heterocycles. The van der Waals surface area contributed by atoms with Crippen molar-refractivity contribution in [3.8, 4) is 16.9 Å². The van der Waals surface area contributed by atoms with Crippen LogP contribution in [0.2, 0.25) is 0 Å². The molecule has 0 unspecified atom stereocenters. The zero-order valence-corrected chi connectivity index (χ0v) is 17.2. The Morgan fingerprint density at radius 1 is 1.04 bits per heavy atom. The summed E-state index contributed by atoms with van der Waals surface area (Å²) in [7, 11) is 0. The number of likely N-dealkylation sites (tertiary alicyclic amines) is 1. The van der Waals surface area contributed by atoms with Crippen molar-refractivity contribution in [3.63, 3.8) is 0 Å². The molecule has 0 aliphatic carbocycles. The van der Waals surface area contributed by atoms with Gasteiger partial charge in [-0.05, 0) is 38.3 Å². The topological polar surface area (TPSA) is 38.1 Å². The van der Waals surface area contributed by atoms with E-state index < -0.39 is 0 Å². The highest BCUT2D eigenvalue weighted by atomic mass is 32.2. The zero-order valence-electron chi connectivity index (χ0n) is 16.4. The SMILES string of the molecule is Cc1ccc(-c2cnc(SCC(=O)N3CCCC3)n2-c2ccccc2C)cc1. The zero-order chi connectivity index (χ0) is 19.5. The van der Waals surface area contributed by atoms with Crippen LogP contribution in [-0.4, -0.2) is 39.2 Å². The molecule has 1 aliphatic heterocycles. The van der Waals surface area contributed by atoms with E-state index in [1.165, 1.54) is 22.9 Å². The molecule has 0 atom stereocenters. The fraction of sp³-hybridized carbons (Fsp3) is 0.304. The second-order valence-corrected chi connectivity index (χ2v) is 8.23. The van der Waals surface area contributed by atoms with E-state index in [0.717, 1.165) is 48.0 Å². The molecular formula is C23H25N3OS. The molecule has 2 aromatic carbocycles. The molecular weight excluding hydrogens is 366 g/mol. The van der Waals surface area contributed by atoms with Crippen LogP contribution in [0, 0.1) is 13.8 Å². The number of nitrogens with zero attached hydrogens (tertiary/aromatic N) is 3. The Kier molecular flexibility index (Phi) is 5.53. The molecule has 3 aromatic rings. The van der Waals surface area contributed by atoms with Gasteiger partial charge in [-0.25, -0.2) is 4.98 Å². The summed E-state index contributed by atoms with van der Waals surface area (Å²) in [4.78, 5) is 19.2. The molecule has 0 radical (unpaired) electrons. The monoisotopic (exact) mass is 391 g/mol. The fourth-order valence-electron chi connectivity index (χ4n) is 3.60. The number of hydrogen-bond donors (Lipinski definition) is 0. The van der Waals surface area contributed by atoms with Gasteiger partial charge in [0.15, 0.2) is 5.16 Å². The summed E-state index contributed by atoms with van der Waals surface area (Å²) in [6.07, 6.45) is 4.15. The highest BCUT2D eigenvalue weighted by molar-refractivity contribution is 7.99. The maximum absolute atomic E-state index is 12.5. The molecule has 0 N–H and O–H groups in total. The van der Waals surface area contributed by atoms with E-state index in [0.29, 0.717) is 5.75 Å². The van der Waals surface area contributed by atoms with Crippen LogP contribution < -0.4 is 0 Å². The Hall–Kier alpha value is -2.53. The van der Waals surface area contributed by atoms with Gasteiger partial charge in [-0.1, -0.05) is 59.8 Å². The first-order valence-corrected chi connectivity index (χ1v) is 10.7. The van der Waals surface area contributed by atoms with Crippen LogP contribution in [0.15, 0.2) is 59.9 Å². The fourth-order valence-corrected chi connectivity index (χ4v) is 4.48. The number of rotatable bonds is 5. The maximum Gasteiger partial charge on any atom is 0.233 e. The van der Waals surface area contributed by atoms with Gasteiger partial charge in [0, 0.05) is 18.7 Å². The first-order valence-electron chi connectivity index (χ1n) is 9.75. The van der Waals surface area contributed by atoms with E-state index in [1.54, 1.807) is 0 Å². The molecule has 4 nitrogen and oxygen atoms in total. The number of carbonyl (C=O) groups is 1. The minimum absolute atomic E-state index is 0.207. The summed E-state index contributed by atoms with van der Waals surface area (Å²) in [5.41, 5.74) is 5.69. The highest BCUT2D eigenvalue weighted by Gasteiger charge is 2.20. The van der Waals surface area contributed by atoms with Crippen molar-refractivity contribution >= 4 is 17.7 Å². The lowest BCUT2D eigenvalue weighted by Crippen LogP contribution is -2.29. The molecule has 5 heteroatoms. The van der Waals surface area contributed by atoms with Gasteiger partial charge in [-0.3, -0.25) is 9.36 Å². The second-order valence-electron chi connectivity index (χ2n) is 7.29. The molecule has 0 spiro atoms. The molecule has 0 saturated carbocycles. The summed E-state index contributed by atoms with van der Waals surface area (Å²) < 4.78 is 2.18. The lowest BCUT2D eigenvalue weighted by atomic mass is 10.1. The molecule has 2 heterocycles. The van der Waals surface area contributed by atoms with Crippen molar-refractivity contribution in [1.82, 2.24) is 14.5 Å². The van der Waals surface area contributed by atoms with Crippen molar-refractivity contribution < 1.29 is 4.79 Å². The van der Waals surface area contributed by atoms with Crippen LogP contribution in [-0.2, 0) is 4.79 Å². The summed E-state index contributed by atoms with van der Waals surface area (Å²) in [5, 5.41) is 0.859. The van der Waals surface area contributed by atoms with Gasteiger partial charge < -0.3 is 4.90 Å². The number of amides is 1. The van der Waals surface area contributed by atoms with Crippen molar-refractivity contribution in [2.75, 3.05) is 18.8 Å². The van der Waals surface area contributed by atoms with E-state index in [1.807, 2.05) is 23.2 Å². The van der Waals surface area contributed by atoms with E-state index in [4.69, 9.17) is 0 Å². The standard InChI is InChI=1S/C23H25N3OS/c1-17-9-11-19(12-10-17)21-15-24-23(26(21)20-8-4-3-7-18(20)2)28-16-22(27)25-13-5-6-14-25/h3-4,7-12,15H,5-6,13-14,16H2,1-2H3. The van der Waals surface area contributed by atoms with Crippen LogP contribution in [0.25, 0.3) is 16.9 Å². The predicted molar refractivity (Wildman–Crippen MR) is 115 cm³/mol. The molecule has 28 heavy (non-hydrogen) atoms. The number of thioether (sulfide) groups is 1. The number of carbonyl (C=O) groups excluding carboxylic acids is 1. The first-order chi connectivity index (χ1) is 13.6. The molecule has 1 aliphatic rings. The Labute approximate surface area is 170 Å². The van der Waals surface area contributed by atoms with Crippen molar-refractivity contribution in [2.45, 2.75) is 31.8 Å². The highest BCUT2D eigenvalue weighted by Crippen LogP contribution is 2.31. The van der Waals surface area contributed by atoms with Crippen LogP contribution in [0.4, 0.5) is 0 Å². The van der Waals surface area contributed by atoms with Gasteiger partial charge in [0.1, 0.15) is 0 Å². The molecule has 0 bridgehead atoms. The molecule has 1 amide bonds. The minimum atomic E-state index is 0.207. The van der Waals surface area contributed by atoms with Crippen LogP contribution in [0.5, 0.6) is 0 Å².